The predicted octanol–water partition coefficient (Wildman–Crippen LogP) is 4.79. The molecule has 0 heterocycles. The Kier molecular flexibility index (Phi) is 4.91. The fourth-order valence-corrected chi connectivity index (χ4v) is 2.29. The van der Waals surface area contributed by atoms with Crippen molar-refractivity contribution >= 4 is 23.0 Å². The van der Waals surface area contributed by atoms with E-state index in [2.05, 4.69) is 48.7 Å². The molecule has 20 heavy (non-hydrogen) atoms. The van der Waals surface area contributed by atoms with Crippen molar-refractivity contribution < 1.29 is 0 Å². The van der Waals surface area contributed by atoms with Crippen LogP contribution < -0.4 is 10.6 Å². The van der Waals surface area contributed by atoms with Crippen LogP contribution in [0.15, 0.2) is 36.4 Å². The van der Waals surface area contributed by atoms with Gasteiger partial charge in [0.15, 0.2) is 0 Å². The zero-order chi connectivity index (χ0) is 14.5. The molecule has 0 saturated carbocycles. The second-order valence-electron chi connectivity index (χ2n) is 5.08. The van der Waals surface area contributed by atoms with Crippen molar-refractivity contribution in [2.45, 2.75) is 20.8 Å². The maximum atomic E-state index is 6.11. The first-order valence-electron chi connectivity index (χ1n) is 6.88. The van der Waals surface area contributed by atoms with Gasteiger partial charge in [0.25, 0.3) is 0 Å². The molecule has 106 valence electrons. The minimum atomic E-state index is 0.803. The Morgan fingerprint density at radius 2 is 1.60 bits per heavy atom. The second kappa shape index (κ2) is 6.67. The summed E-state index contributed by atoms with van der Waals surface area (Å²) in [6.45, 7) is 7.99. The van der Waals surface area contributed by atoms with E-state index in [9.17, 15) is 0 Å². The first-order valence-corrected chi connectivity index (χ1v) is 7.26. The molecule has 0 radical (unpaired) electrons. The van der Waals surface area contributed by atoms with Crippen LogP contribution in [-0.2, 0) is 0 Å². The van der Waals surface area contributed by atoms with E-state index < -0.39 is 0 Å². The largest absolute Gasteiger partial charge is 0.383 e. The number of nitrogens with one attached hydrogen (secondary N) is 2. The first kappa shape index (κ1) is 14.7. The highest BCUT2D eigenvalue weighted by atomic mass is 35.5. The zero-order valence-electron chi connectivity index (χ0n) is 12.3. The minimum Gasteiger partial charge on any atom is -0.383 e. The van der Waals surface area contributed by atoms with E-state index in [1.807, 2.05) is 19.1 Å². The van der Waals surface area contributed by atoms with Crippen molar-refractivity contribution in [2.24, 2.45) is 0 Å². The average molecular weight is 289 g/mol. The van der Waals surface area contributed by atoms with Crippen LogP contribution in [0.5, 0.6) is 0 Å². The molecule has 2 N–H and O–H groups in total. The molecule has 0 unspecified atom stereocenters. The summed E-state index contributed by atoms with van der Waals surface area (Å²) in [5.41, 5.74) is 5.95. The highest BCUT2D eigenvalue weighted by molar-refractivity contribution is 6.31. The van der Waals surface area contributed by atoms with Gasteiger partial charge in [-0.2, -0.15) is 0 Å². The molecule has 2 nitrogen and oxygen atoms in total. The highest BCUT2D eigenvalue weighted by Gasteiger charge is 2.01. The summed E-state index contributed by atoms with van der Waals surface area (Å²) in [7, 11) is 0. The number of anilines is 2. The normalized spacial score (nSPS) is 10.4. The summed E-state index contributed by atoms with van der Waals surface area (Å²) >= 11 is 6.11. The third-order valence-electron chi connectivity index (χ3n) is 3.42. The third kappa shape index (κ3) is 3.67. The molecule has 2 aromatic carbocycles. The van der Waals surface area contributed by atoms with Gasteiger partial charge in [-0.1, -0.05) is 29.8 Å². The van der Waals surface area contributed by atoms with Gasteiger partial charge in [-0.3, -0.25) is 0 Å². The van der Waals surface area contributed by atoms with Crippen molar-refractivity contribution in [3.05, 3.63) is 58.1 Å². The Bertz CT molecular complexity index is 590. The lowest BCUT2D eigenvalue weighted by atomic mass is 10.1. The fourth-order valence-electron chi connectivity index (χ4n) is 2.12. The molecule has 3 heteroatoms. The molecule has 0 atom stereocenters. The summed E-state index contributed by atoms with van der Waals surface area (Å²) in [6.07, 6.45) is 0. The van der Waals surface area contributed by atoms with Gasteiger partial charge in [0, 0.05) is 29.5 Å². The molecule has 2 rings (SSSR count). The van der Waals surface area contributed by atoms with Crippen molar-refractivity contribution in [3.63, 3.8) is 0 Å². The Labute approximate surface area is 126 Å². The summed E-state index contributed by atoms with van der Waals surface area (Å²) in [5, 5.41) is 7.68. The Morgan fingerprint density at radius 1 is 0.900 bits per heavy atom. The van der Waals surface area contributed by atoms with Gasteiger partial charge in [-0.15, -0.1) is 0 Å². The molecule has 0 aliphatic rings. The number of aryl methyl sites for hydroxylation is 2. The van der Waals surface area contributed by atoms with Gasteiger partial charge in [0.1, 0.15) is 0 Å². The van der Waals surface area contributed by atoms with E-state index in [0.29, 0.717) is 0 Å². The quantitative estimate of drug-likeness (QED) is 0.773. The monoisotopic (exact) mass is 288 g/mol. The van der Waals surface area contributed by atoms with E-state index in [0.717, 1.165) is 29.4 Å². The SMILES string of the molecule is Cc1ccc(C)c(NCCNc2cccc(Cl)c2C)c1. The van der Waals surface area contributed by atoms with E-state index >= 15 is 0 Å². The van der Waals surface area contributed by atoms with Gasteiger partial charge in [0.05, 0.1) is 0 Å². The molecule has 0 fully saturated rings. The molecular weight excluding hydrogens is 268 g/mol. The van der Waals surface area contributed by atoms with E-state index in [-0.39, 0.29) is 0 Å². The summed E-state index contributed by atoms with van der Waals surface area (Å²) in [4.78, 5) is 0. The fraction of sp³-hybridized carbons (Fsp3) is 0.294. The molecule has 0 saturated heterocycles. The number of hydrogen-bond donors (Lipinski definition) is 2. The lowest BCUT2D eigenvalue weighted by Gasteiger charge is -2.13. The van der Waals surface area contributed by atoms with Crippen LogP contribution >= 0.6 is 11.6 Å². The average Bonchev–Trinajstić information content (AvgIpc) is 2.43. The molecule has 0 amide bonds. The number of halogens is 1. The lowest BCUT2D eigenvalue weighted by molar-refractivity contribution is 1.07. The van der Waals surface area contributed by atoms with Crippen LogP contribution in [0.2, 0.25) is 5.02 Å². The van der Waals surface area contributed by atoms with Crippen LogP contribution in [0, 0.1) is 20.8 Å². The van der Waals surface area contributed by atoms with Gasteiger partial charge in [-0.05, 0) is 55.7 Å². The maximum Gasteiger partial charge on any atom is 0.0455 e. The summed E-state index contributed by atoms with van der Waals surface area (Å²) in [6, 6.07) is 12.4. The maximum absolute atomic E-state index is 6.11. The molecule has 0 bridgehead atoms. The number of hydrogen-bond acceptors (Lipinski definition) is 2. The third-order valence-corrected chi connectivity index (χ3v) is 3.83. The Morgan fingerprint density at radius 3 is 2.35 bits per heavy atom. The Balaban J connectivity index is 1.88. The van der Waals surface area contributed by atoms with Gasteiger partial charge < -0.3 is 10.6 Å². The number of rotatable bonds is 5. The first-order chi connectivity index (χ1) is 9.58. The van der Waals surface area contributed by atoms with Crippen molar-refractivity contribution in [3.8, 4) is 0 Å². The lowest BCUT2D eigenvalue weighted by Crippen LogP contribution is -2.14. The van der Waals surface area contributed by atoms with E-state index in [1.54, 1.807) is 0 Å². The molecule has 0 aliphatic heterocycles. The van der Waals surface area contributed by atoms with Crippen LogP contribution in [0.4, 0.5) is 11.4 Å². The van der Waals surface area contributed by atoms with Gasteiger partial charge in [-0.25, -0.2) is 0 Å². The van der Waals surface area contributed by atoms with Crippen molar-refractivity contribution in [2.75, 3.05) is 23.7 Å². The van der Waals surface area contributed by atoms with Gasteiger partial charge >= 0.3 is 0 Å². The topological polar surface area (TPSA) is 24.1 Å². The molecular formula is C17H21ClN2. The van der Waals surface area contributed by atoms with Crippen LogP contribution in [-0.4, -0.2) is 13.1 Å². The standard InChI is InChI=1S/C17H21ClN2/c1-12-7-8-13(2)17(11-12)20-10-9-19-16-6-4-5-15(18)14(16)3/h4-8,11,19-20H,9-10H2,1-3H3. The predicted molar refractivity (Wildman–Crippen MR) is 89.1 cm³/mol. The summed E-state index contributed by atoms with van der Waals surface area (Å²) in [5.74, 6) is 0. The minimum absolute atomic E-state index is 0.803. The van der Waals surface area contributed by atoms with E-state index in [1.165, 1.54) is 16.8 Å². The van der Waals surface area contributed by atoms with Crippen LogP contribution in [0.1, 0.15) is 16.7 Å². The van der Waals surface area contributed by atoms with Crippen molar-refractivity contribution in [1.82, 2.24) is 0 Å². The Hall–Kier alpha value is -1.67. The molecule has 2 aromatic rings. The van der Waals surface area contributed by atoms with Crippen LogP contribution in [0.25, 0.3) is 0 Å². The molecule has 0 aliphatic carbocycles. The zero-order valence-corrected chi connectivity index (χ0v) is 13.0. The summed E-state index contributed by atoms with van der Waals surface area (Å²) < 4.78 is 0. The van der Waals surface area contributed by atoms with E-state index in [4.69, 9.17) is 11.6 Å². The number of benzene rings is 2. The molecule has 0 aromatic heterocycles. The highest BCUT2D eigenvalue weighted by Crippen LogP contribution is 2.22. The van der Waals surface area contributed by atoms with Crippen molar-refractivity contribution in [1.29, 1.82) is 0 Å². The smallest absolute Gasteiger partial charge is 0.0455 e. The van der Waals surface area contributed by atoms with Gasteiger partial charge in [0.2, 0.25) is 0 Å². The van der Waals surface area contributed by atoms with Crippen LogP contribution in [0.3, 0.4) is 0 Å². The molecule has 0 spiro atoms. The second-order valence-corrected chi connectivity index (χ2v) is 5.49.